The Bertz CT molecular complexity index is 726. The maximum absolute atomic E-state index is 12.0. The molecular weight excluding hydrogens is 308 g/mol. The molecule has 1 heterocycles. The van der Waals surface area contributed by atoms with Crippen molar-refractivity contribution in [3.8, 4) is 0 Å². The van der Waals surface area contributed by atoms with Crippen LogP contribution in [0, 0.1) is 6.92 Å². The van der Waals surface area contributed by atoms with Crippen LogP contribution in [0.3, 0.4) is 0 Å². The van der Waals surface area contributed by atoms with Gasteiger partial charge < -0.3 is 0 Å². The minimum Gasteiger partial charge on any atom is -0.230 e. The summed E-state index contributed by atoms with van der Waals surface area (Å²) in [4.78, 5) is 10.4. The molecule has 2 aromatic rings. The van der Waals surface area contributed by atoms with Crippen LogP contribution in [0.2, 0.25) is 0 Å². The molecule has 6 nitrogen and oxygen atoms in total. The van der Waals surface area contributed by atoms with E-state index in [1.165, 1.54) is 30.1 Å². The molecule has 21 heavy (non-hydrogen) atoms. The Balaban J connectivity index is 2.06. The van der Waals surface area contributed by atoms with Gasteiger partial charge in [-0.1, -0.05) is 29.5 Å². The molecule has 1 aromatic heterocycles. The third kappa shape index (κ3) is 4.27. The van der Waals surface area contributed by atoms with Gasteiger partial charge in [0.05, 0.1) is 11.1 Å². The van der Waals surface area contributed by atoms with Crippen molar-refractivity contribution < 1.29 is 8.42 Å². The lowest BCUT2D eigenvalue weighted by molar-refractivity contribution is 0.584. The fourth-order valence-electron chi connectivity index (χ4n) is 1.44. The summed E-state index contributed by atoms with van der Waals surface area (Å²) in [5.74, 6) is 0. The van der Waals surface area contributed by atoms with Crippen molar-refractivity contribution in [3.05, 3.63) is 47.8 Å². The number of nitrogens with one attached hydrogen (secondary N) is 1. The molecule has 0 unspecified atom stereocenters. The van der Waals surface area contributed by atoms with Crippen LogP contribution in [-0.4, -0.2) is 30.9 Å². The number of aryl methyl sites for hydroxylation is 1. The predicted molar refractivity (Wildman–Crippen MR) is 82.9 cm³/mol. The van der Waals surface area contributed by atoms with Crippen LogP contribution in [-0.2, 0) is 10.0 Å². The highest BCUT2D eigenvalue weighted by Gasteiger charge is 2.11. The molecule has 110 valence electrons. The lowest BCUT2D eigenvalue weighted by Gasteiger charge is -2.03. The number of nitrogens with zero attached hydrogens (tertiary/aromatic N) is 3. The molecule has 0 aliphatic heterocycles. The van der Waals surface area contributed by atoms with Crippen LogP contribution in [0.15, 0.2) is 51.8 Å². The van der Waals surface area contributed by atoms with Crippen LogP contribution in [0.1, 0.15) is 11.1 Å². The summed E-state index contributed by atoms with van der Waals surface area (Å²) < 4.78 is 23.9. The first kappa shape index (κ1) is 15.5. The minimum atomic E-state index is -3.65. The molecule has 1 N–H and O–H groups in total. The number of hydrazone groups is 1. The van der Waals surface area contributed by atoms with Crippen LogP contribution in [0.25, 0.3) is 0 Å². The Morgan fingerprint density at radius 3 is 2.38 bits per heavy atom. The molecule has 0 saturated heterocycles. The first-order valence-electron chi connectivity index (χ1n) is 5.99. The maximum atomic E-state index is 12.0. The second-order valence-corrected chi connectivity index (χ2v) is 6.60. The van der Waals surface area contributed by atoms with Crippen molar-refractivity contribution in [3.63, 3.8) is 0 Å². The molecule has 0 fully saturated rings. The van der Waals surface area contributed by atoms with E-state index in [-0.39, 0.29) is 4.90 Å². The summed E-state index contributed by atoms with van der Waals surface area (Å²) in [6, 6.07) is 6.52. The largest absolute Gasteiger partial charge is 0.276 e. The van der Waals surface area contributed by atoms with E-state index in [9.17, 15) is 8.42 Å². The highest BCUT2D eigenvalue weighted by atomic mass is 32.2. The first-order valence-corrected chi connectivity index (χ1v) is 8.69. The summed E-state index contributed by atoms with van der Waals surface area (Å²) in [5, 5.41) is 4.36. The van der Waals surface area contributed by atoms with Crippen molar-refractivity contribution >= 4 is 28.0 Å². The van der Waals surface area contributed by atoms with Gasteiger partial charge in [0.15, 0.2) is 5.16 Å². The quantitative estimate of drug-likeness (QED) is 0.393. The average molecular weight is 322 g/mol. The van der Waals surface area contributed by atoms with Crippen molar-refractivity contribution in [1.29, 1.82) is 0 Å². The number of sulfonamides is 1. The Morgan fingerprint density at radius 1 is 1.19 bits per heavy atom. The van der Waals surface area contributed by atoms with Gasteiger partial charge in [-0.05, 0) is 25.3 Å². The predicted octanol–water partition coefficient (Wildman–Crippen LogP) is 1.82. The Hall–Kier alpha value is -1.93. The van der Waals surface area contributed by atoms with Gasteiger partial charge >= 0.3 is 0 Å². The van der Waals surface area contributed by atoms with Crippen LogP contribution in [0.4, 0.5) is 0 Å². The Kier molecular flexibility index (Phi) is 4.92. The third-order valence-electron chi connectivity index (χ3n) is 2.55. The monoisotopic (exact) mass is 322 g/mol. The summed E-state index contributed by atoms with van der Waals surface area (Å²) in [6.07, 6.45) is 6.37. The normalized spacial score (nSPS) is 11.7. The molecule has 0 aliphatic carbocycles. The van der Waals surface area contributed by atoms with Gasteiger partial charge in [-0.15, -0.1) is 0 Å². The van der Waals surface area contributed by atoms with Gasteiger partial charge in [0.2, 0.25) is 0 Å². The molecule has 0 spiro atoms. The van der Waals surface area contributed by atoms with E-state index < -0.39 is 10.0 Å². The lowest BCUT2D eigenvalue weighted by Crippen LogP contribution is -2.18. The highest BCUT2D eigenvalue weighted by Crippen LogP contribution is 2.09. The summed E-state index contributed by atoms with van der Waals surface area (Å²) in [6.45, 7) is 1.89. The van der Waals surface area contributed by atoms with Gasteiger partial charge in [0.25, 0.3) is 10.0 Å². The Morgan fingerprint density at radius 2 is 1.81 bits per heavy atom. The number of hydrogen-bond donors (Lipinski definition) is 1. The number of aromatic nitrogens is 2. The molecule has 8 heteroatoms. The van der Waals surface area contributed by atoms with E-state index in [0.717, 1.165) is 5.56 Å². The highest BCUT2D eigenvalue weighted by molar-refractivity contribution is 7.98. The van der Waals surface area contributed by atoms with E-state index >= 15 is 0 Å². The third-order valence-corrected chi connectivity index (χ3v) is 4.36. The Labute approximate surface area is 127 Å². The second kappa shape index (κ2) is 6.68. The molecule has 2 rings (SSSR count). The summed E-state index contributed by atoms with van der Waals surface area (Å²) in [7, 11) is -3.65. The van der Waals surface area contributed by atoms with Crippen molar-refractivity contribution in [2.45, 2.75) is 17.0 Å². The van der Waals surface area contributed by atoms with Crippen LogP contribution >= 0.6 is 11.8 Å². The average Bonchev–Trinajstić information content (AvgIpc) is 2.48. The molecule has 0 amide bonds. The second-order valence-electron chi connectivity index (χ2n) is 4.17. The zero-order chi connectivity index (χ0) is 15.3. The van der Waals surface area contributed by atoms with Gasteiger partial charge in [-0.2, -0.15) is 13.5 Å². The van der Waals surface area contributed by atoms with E-state index in [0.29, 0.717) is 10.7 Å². The smallest absolute Gasteiger partial charge is 0.230 e. The molecule has 0 atom stereocenters. The minimum absolute atomic E-state index is 0.166. The molecule has 0 saturated carbocycles. The van der Waals surface area contributed by atoms with E-state index in [4.69, 9.17) is 0 Å². The van der Waals surface area contributed by atoms with Gasteiger partial charge in [-0.25, -0.2) is 14.8 Å². The maximum Gasteiger partial charge on any atom is 0.276 e. The van der Waals surface area contributed by atoms with Crippen molar-refractivity contribution in [2.24, 2.45) is 5.10 Å². The van der Waals surface area contributed by atoms with Crippen LogP contribution < -0.4 is 4.83 Å². The van der Waals surface area contributed by atoms with Crippen molar-refractivity contribution in [2.75, 3.05) is 6.26 Å². The number of thioether (sulfide) groups is 1. The number of hydrogen-bond acceptors (Lipinski definition) is 6. The molecule has 0 aliphatic rings. The van der Waals surface area contributed by atoms with E-state index in [1.807, 2.05) is 13.2 Å². The van der Waals surface area contributed by atoms with Gasteiger partial charge in [0, 0.05) is 18.0 Å². The fraction of sp³-hybridized carbons (Fsp3) is 0.154. The zero-order valence-corrected chi connectivity index (χ0v) is 13.1. The lowest BCUT2D eigenvalue weighted by atomic mass is 10.2. The zero-order valence-electron chi connectivity index (χ0n) is 11.5. The number of benzene rings is 1. The summed E-state index contributed by atoms with van der Waals surface area (Å²) >= 11 is 1.43. The molecule has 1 aromatic carbocycles. The SMILES string of the molecule is CSc1ncc(/C=N\NS(=O)(=O)c2ccc(C)cc2)cn1. The standard InChI is InChI=1S/C13H14N4O2S2/c1-10-3-5-12(6-4-10)21(18,19)17-16-9-11-7-14-13(20-2)15-8-11/h3-9,17H,1-2H3/b16-9-. The molecular formula is C13H14N4O2S2. The first-order chi connectivity index (χ1) is 10.0. The van der Waals surface area contributed by atoms with Gasteiger partial charge in [-0.3, -0.25) is 0 Å². The fourth-order valence-corrected chi connectivity index (χ4v) is 2.55. The van der Waals surface area contributed by atoms with E-state index in [1.54, 1.807) is 24.5 Å². The van der Waals surface area contributed by atoms with E-state index in [2.05, 4.69) is 19.9 Å². The van der Waals surface area contributed by atoms with Crippen LogP contribution in [0.5, 0.6) is 0 Å². The van der Waals surface area contributed by atoms with Gasteiger partial charge in [0.1, 0.15) is 0 Å². The summed E-state index contributed by atoms with van der Waals surface area (Å²) in [5.41, 5.74) is 1.60. The molecule has 0 bridgehead atoms. The topological polar surface area (TPSA) is 84.3 Å². The number of rotatable bonds is 5. The molecule has 0 radical (unpaired) electrons. The van der Waals surface area contributed by atoms with Crippen molar-refractivity contribution in [1.82, 2.24) is 14.8 Å².